The van der Waals surface area contributed by atoms with E-state index in [0.717, 1.165) is 23.3 Å². The Morgan fingerprint density at radius 2 is 2.00 bits per heavy atom. The second-order valence-corrected chi connectivity index (χ2v) is 9.04. The summed E-state index contributed by atoms with van der Waals surface area (Å²) in [6.07, 6.45) is 6.33. The molecule has 25 heavy (non-hydrogen) atoms. The first kappa shape index (κ1) is 16.9. The lowest BCUT2D eigenvalue weighted by Crippen LogP contribution is -2.51. The fourth-order valence-corrected chi connectivity index (χ4v) is 6.13. The quantitative estimate of drug-likeness (QED) is 0.902. The Bertz CT molecular complexity index is 770. The van der Waals surface area contributed by atoms with Gasteiger partial charge in [0, 0.05) is 29.7 Å². The van der Waals surface area contributed by atoms with E-state index < -0.39 is 16.3 Å². The molecular formula is C20H23NO3S. The average molecular weight is 357 g/mol. The maximum atomic E-state index is 13.0. The van der Waals surface area contributed by atoms with E-state index in [2.05, 4.69) is 5.32 Å². The number of fused-ring (bicyclic) bond motifs is 3. The van der Waals surface area contributed by atoms with E-state index in [1.807, 2.05) is 37.3 Å². The SMILES string of the molecule is Cc1ccc(S(=O)C[C@@]23C=CC(=O)C[C@@H]2[C@H]2C(=O)CCC[C@H]2N3)cc1. The van der Waals surface area contributed by atoms with Crippen LogP contribution in [0.5, 0.6) is 0 Å². The lowest BCUT2D eigenvalue weighted by Gasteiger charge is -2.36. The zero-order valence-corrected chi connectivity index (χ0v) is 15.2. The van der Waals surface area contributed by atoms with Gasteiger partial charge in [-0.3, -0.25) is 13.8 Å². The maximum absolute atomic E-state index is 13.0. The number of ketones is 2. The predicted molar refractivity (Wildman–Crippen MR) is 96.7 cm³/mol. The summed E-state index contributed by atoms with van der Waals surface area (Å²) in [4.78, 5) is 25.3. The van der Waals surface area contributed by atoms with Gasteiger partial charge in [0.2, 0.25) is 0 Å². The molecule has 2 aliphatic carbocycles. The molecule has 0 spiro atoms. The topological polar surface area (TPSA) is 63.2 Å². The molecule has 3 aliphatic rings. The number of aryl methyl sites for hydroxylation is 1. The Balaban J connectivity index is 1.66. The van der Waals surface area contributed by atoms with Crippen LogP contribution >= 0.6 is 0 Å². The molecule has 1 aromatic carbocycles. The average Bonchev–Trinajstić information content (AvgIpc) is 2.90. The highest BCUT2D eigenvalue weighted by Crippen LogP contribution is 2.46. The molecule has 4 nitrogen and oxygen atoms in total. The number of carbonyl (C=O) groups excluding carboxylic acids is 2. The monoisotopic (exact) mass is 357 g/mol. The molecular weight excluding hydrogens is 334 g/mol. The van der Waals surface area contributed by atoms with Gasteiger partial charge in [-0.15, -0.1) is 0 Å². The van der Waals surface area contributed by atoms with E-state index in [-0.39, 0.29) is 29.4 Å². The van der Waals surface area contributed by atoms with Crippen LogP contribution in [0.2, 0.25) is 0 Å². The lowest BCUT2D eigenvalue weighted by atomic mass is 9.69. The second kappa shape index (κ2) is 6.29. The van der Waals surface area contributed by atoms with E-state index in [0.29, 0.717) is 18.6 Å². The van der Waals surface area contributed by atoms with Crippen molar-refractivity contribution in [3.63, 3.8) is 0 Å². The van der Waals surface area contributed by atoms with Crippen molar-refractivity contribution in [3.05, 3.63) is 42.0 Å². The van der Waals surface area contributed by atoms with Gasteiger partial charge in [-0.2, -0.15) is 0 Å². The molecule has 0 bridgehead atoms. The highest BCUT2D eigenvalue weighted by atomic mass is 32.2. The highest BCUT2D eigenvalue weighted by molar-refractivity contribution is 7.85. The highest BCUT2D eigenvalue weighted by Gasteiger charge is 2.57. The van der Waals surface area contributed by atoms with Crippen molar-refractivity contribution in [1.29, 1.82) is 0 Å². The first-order chi connectivity index (χ1) is 12.0. The van der Waals surface area contributed by atoms with Crippen molar-refractivity contribution in [2.75, 3.05) is 5.75 Å². The molecule has 1 N–H and O–H groups in total. The van der Waals surface area contributed by atoms with Crippen molar-refractivity contribution in [2.45, 2.75) is 49.1 Å². The molecule has 1 unspecified atom stereocenters. The van der Waals surface area contributed by atoms with Crippen LogP contribution in [0, 0.1) is 18.8 Å². The fourth-order valence-electron chi connectivity index (χ4n) is 4.70. The zero-order chi connectivity index (χ0) is 17.6. The molecule has 0 amide bonds. The summed E-state index contributed by atoms with van der Waals surface area (Å²) in [5, 5.41) is 3.62. The first-order valence-corrected chi connectivity index (χ1v) is 10.3. The summed E-state index contributed by atoms with van der Waals surface area (Å²) < 4.78 is 13.0. The predicted octanol–water partition coefficient (Wildman–Crippen LogP) is 2.33. The molecule has 1 heterocycles. The zero-order valence-electron chi connectivity index (χ0n) is 14.4. The van der Waals surface area contributed by atoms with Crippen LogP contribution in [0.25, 0.3) is 0 Å². The van der Waals surface area contributed by atoms with Gasteiger partial charge >= 0.3 is 0 Å². The normalized spacial score (nSPS) is 35.3. The molecule has 2 fully saturated rings. The molecule has 0 radical (unpaired) electrons. The lowest BCUT2D eigenvalue weighted by molar-refractivity contribution is -0.127. The van der Waals surface area contributed by atoms with Crippen LogP contribution < -0.4 is 5.32 Å². The minimum Gasteiger partial charge on any atom is -0.303 e. The Morgan fingerprint density at radius 3 is 2.76 bits per heavy atom. The molecule has 1 saturated carbocycles. The van der Waals surface area contributed by atoms with Crippen LogP contribution in [-0.2, 0) is 20.4 Å². The Labute approximate surface area is 150 Å². The molecule has 1 saturated heterocycles. The van der Waals surface area contributed by atoms with Crippen molar-refractivity contribution < 1.29 is 13.8 Å². The molecule has 1 aliphatic heterocycles. The van der Waals surface area contributed by atoms with Gasteiger partial charge in [0.05, 0.1) is 22.1 Å². The smallest absolute Gasteiger partial charge is 0.155 e. The number of nitrogens with one attached hydrogen (secondary N) is 1. The van der Waals surface area contributed by atoms with Gasteiger partial charge in [0.1, 0.15) is 5.78 Å². The van der Waals surface area contributed by atoms with E-state index in [4.69, 9.17) is 0 Å². The molecule has 5 atom stereocenters. The summed E-state index contributed by atoms with van der Waals surface area (Å²) in [5.41, 5.74) is 0.620. The second-order valence-electron chi connectivity index (χ2n) is 7.59. The third-order valence-corrected chi connectivity index (χ3v) is 7.47. The molecule has 5 heteroatoms. The number of rotatable bonds is 3. The molecule has 1 aromatic rings. The summed E-state index contributed by atoms with van der Waals surface area (Å²) in [5.74, 6) is 0.558. The number of allylic oxidation sites excluding steroid dienone is 1. The number of carbonyl (C=O) groups is 2. The van der Waals surface area contributed by atoms with Crippen molar-refractivity contribution >= 4 is 22.4 Å². The van der Waals surface area contributed by atoms with E-state index in [1.54, 1.807) is 6.08 Å². The van der Waals surface area contributed by atoms with Gasteiger partial charge < -0.3 is 5.32 Å². The van der Waals surface area contributed by atoms with E-state index in [1.165, 1.54) is 0 Å². The summed E-state index contributed by atoms with van der Waals surface area (Å²) in [6, 6.07) is 7.85. The fraction of sp³-hybridized carbons (Fsp3) is 0.500. The minimum absolute atomic E-state index is 0.0718. The van der Waals surface area contributed by atoms with Crippen molar-refractivity contribution in [3.8, 4) is 0 Å². The number of benzene rings is 1. The number of hydrogen-bond donors (Lipinski definition) is 1. The Hall–Kier alpha value is -1.59. The number of hydrogen-bond acceptors (Lipinski definition) is 4. The van der Waals surface area contributed by atoms with Crippen LogP contribution in [0.15, 0.2) is 41.3 Å². The van der Waals surface area contributed by atoms with Crippen molar-refractivity contribution in [2.24, 2.45) is 11.8 Å². The van der Waals surface area contributed by atoms with Gasteiger partial charge in [-0.05, 0) is 43.9 Å². The first-order valence-electron chi connectivity index (χ1n) is 8.96. The maximum Gasteiger partial charge on any atom is 0.155 e. The summed E-state index contributed by atoms with van der Waals surface area (Å²) in [6.45, 7) is 2.01. The molecule has 0 aromatic heterocycles. The van der Waals surface area contributed by atoms with E-state index in [9.17, 15) is 13.8 Å². The van der Waals surface area contributed by atoms with Gasteiger partial charge in [-0.1, -0.05) is 23.8 Å². The van der Waals surface area contributed by atoms with Gasteiger partial charge in [-0.25, -0.2) is 0 Å². The van der Waals surface area contributed by atoms with Crippen LogP contribution in [0.3, 0.4) is 0 Å². The Morgan fingerprint density at radius 1 is 1.24 bits per heavy atom. The minimum atomic E-state index is -1.18. The van der Waals surface area contributed by atoms with Crippen LogP contribution in [0.1, 0.15) is 31.2 Å². The molecule has 4 rings (SSSR count). The van der Waals surface area contributed by atoms with Crippen molar-refractivity contribution in [1.82, 2.24) is 5.32 Å². The summed E-state index contributed by atoms with van der Waals surface area (Å²) in [7, 11) is -1.18. The third kappa shape index (κ3) is 2.93. The van der Waals surface area contributed by atoms with E-state index >= 15 is 0 Å². The van der Waals surface area contributed by atoms with Crippen LogP contribution in [0.4, 0.5) is 0 Å². The largest absolute Gasteiger partial charge is 0.303 e. The number of Topliss-reactive ketones (excluding diaryl/α,β-unsaturated/α-hetero) is 1. The van der Waals surface area contributed by atoms with Gasteiger partial charge in [0.15, 0.2) is 5.78 Å². The standard InChI is InChI=1S/C20H23NO3S/c1-13-5-7-15(8-6-13)25(24)12-20-10-9-14(22)11-16(20)19-17(21-20)3-2-4-18(19)23/h5-10,16-17,19,21H,2-4,11-12H2,1H3/t16-,17-,19-,20+,25?/m1/s1. The third-order valence-electron chi connectivity index (χ3n) is 5.93. The Kier molecular flexibility index (Phi) is 4.24. The van der Waals surface area contributed by atoms with Crippen LogP contribution in [-0.4, -0.2) is 33.1 Å². The van der Waals surface area contributed by atoms with Gasteiger partial charge in [0.25, 0.3) is 0 Å². The molecule has 132 valence electrons. The summed E-state index contributed by atoms with van der Waals surface area (Å²) >= 11 is 0.